The van der Waals surface area contributed by atoms with Crippen LogP contribution in [0.25, 0.3) is 0 Å². The molecular weight excluding hydrogens is 212 g/mol. The van der Waals surface area contributed by atoms with E-state index in [1.165, 1.54) is 0 Å². The molecule has 1 unspecified atom stereocenters. The first kappa shape index (κ1) is 10.3. The van der Waals surface area contributed by atoms with Crippen molar-refractivity contribution in [3.8, 4) is 0 Å². The largest absolute Gasteiger partial charge is 0.380 e. The lowest BCUT2D eigenvalue weighted by Crippen LogP contribution is -2.18. The highest BCUT2D eigenvalue weighted by atomic mass is 35.5. The molecule has 1 aromatic carbocycles. The smallest absolute Gasteiger partial charge is 0.226 e. The number of fused-ring (bicyclic) bond motifs is 1. The third-order valence-corrected chi connectivity index (χ3v) is 2.68. The van der Waals surface area contributed by atoms with E-state index in [4.69, 9.17) is 11.6 Å². The number of rotatable bonds is 0. The minimum Gasteiger partial charge on any atom is -0.380 e. The third kappa shape index (κ3) is 2.07. The number of benzene rings is 1. The molecule has 0 saturated heterocycles. The molecule has 15 heavy (non-hydrogen) atoms. The van der Waals surface area contributed by atoms with Gasteiger partial charge in [0.15, 0.2) is 0 Å². The summed E-state index contributed by atoms with van der Waals surface area (Å²) >= 11 is 5.97. The zero-order chi connectivity index (χ0) is 11.0. The van der Waals surface area contributed by atoms with Crippen LogP contribution < -0.4 is 10.6 Å². The van der Waals surface area contributed by atoms with Crippen LogP contribution in [0.15, 0.2) is 12.1 Å². The summed E-state index contributed by atoms with van der Waals surface area (Å²) in [7, 11) is 0. The van der Waals surface area contributed by atoms with Crippen molar-refractivity contribution in [1.82, 2.24) is 0 Å². The van der Waals surface area contributed by atoms with E-state index in [0.717, 1.165) is 16.9 Å². The molecule has 1 atom stereocenters. The van der Waals surface area contributed by atoms with Crippen LogP contribution in [0.1, 0.15) is 18.9 Å². The summed E-state index contributed by atoms with van der Waals surface area (Å²) in [5, 5.41) is 6.84. The number of anilines is 2. The normalized spacial score (nSPS) is 19.9. The molecule has 0 saturated carbocycles. The highest BCUT2D eigenvalue weighted by molar-refractivity contribution is 6.31. The Kier molecular flexibility index (Phi) is 2.57. The van der Waals surface area contributed by atoms with Gasteiger partial charge in [-0.3, -0.25) is 4.79 Å². The molecule has 2 rings (SSSR count). The Morgan fingerprint density at radius 3 is 2.93 bits per heavy atom. The fourth-order valence-electron chi connectivity index (χ4n) is 1.81. The summed E-state index contributed by atoms with van der Waals surface area (Å²) in [4.78, 5) is 11.5. The predicted molar refractivity (Wildman–Crippen MR) is 62.5 cm³/mol. The first-order valence-electron chi connectivity index (χ1n) is 4.93. The molecule has 1 aliphatic heterocycles. The van der Waals surface area contributed by atoms with Crippen molar-refractivity contribution in [3.05, 3.63) is 22.7 Å². The summed E-state index contributed by atoms with van der Waals surface area (Å²) in [5.74, 6) is 0.0409. The Bertz CT molecular complexity index is 417. The van der Waals surface area contributed by atoms with Gasteiger partial charge in [0.05, 0.1) is 11.4 Å². The van der Waals surface area contributed by atoms with Crippen LogP contribution in [0, 0.1) is 6.92 Å². The first-order valence-corrected chi connectivity index (χ1v) is 5.30. The Morgan fingerprint density at radius 2 is 2.20 bits per heavy atom. The molecule has 1 amide bonds. The molecule has 80 valence electrons. The molecule has 0 spiro atoms. The topological polar surface area (TPSA) is 41.1 Å². The van der Waals surface area contributed by atoms with E-state index in [0.29, 0.717) is 11.4 Å². The van der Waals surface area contributed by atoms with Gasteiger partial charge in [0.2, 0.25) is 5.91 Å². The highest BCUT2D eigenvalue weighted by Crippen LogP contribution is 2.32. The average molecular weight is 225 g/mol. The predicted octanol–water partition coefficient (Wildman–Crippen LogP) is 2.79. The lowest BCUT2D eigenvalue weighted by atomic mass is 10.1. The summed E-state index contributed by atoms with van der Waals surface area (Å²) in [6.07, 6.45) is 0.478. The summed E-state index contributed by atoms with van der Waals surface area (Å²) < 4.78 is 0. The molecule has 2 N–H and O–H groups in total. The molecule has 0 aliphatic carbocycles. The van der Waals surface area contributed by atoms with Crippen molar-refractivity contribution in [2.24, 2.45) is 0 Å². The van der Waals surface area contributed by atoms with Gasteiger partial charge in [0, 0.05) is 17.5 Å². The molecular formula is C11H13ClN2O. The SMILES string of the molecule is Cc1cc(Cl)cc2c1NC(=O)CC(C)N2. The van der Waals surface area contributed by atoms with Crippen molar-refractivity contribution < 1.29 is 4.79 Å². The number of hydrogen-bond donors (Lipinski definition) is 2. The van der Waals surface area contributed by atoms with E-state index in [-0.39, 0.29) is 11.9 Å². The van der Waals surface area contributed by atoms with Crippen LogP contribution in [0.3, 0.4) is 0 Å². The van der Waals surface area contributed by atoms with E-state index < -0.39 is 0 Å². The van der Waals surface area contributed by atoms with Crippen molar-refractivity contribution in [2.75, 3.05) is 10.6 Å². The van der Waals surface area contributed by atoms with Crippen molar-refractivity contribution in [2.45, 2.75) is 26.3 Å². The minimum absolute atomic E-state index is 0.0409. The van der Waals surface area contributed by atoms with E-state index in [2.05, 4.69) is 10.6 Å². The fourth-order valence-corrected chi connectivity index (χ4v) is 2.08. The van der Waals surface area contributed by atoms with Gasteiger partial charge in [-0.15, -0.1) is 0 Å². The van der Waals surface area contributed by atoms with Gasteiger partial charge in [0.25, 0.3) is 0 Å². The number of carbonyl (C=O) groups is 1. The standard InChI is InChI=1S/C11H13ClN2O/c1-6-3-8(12)5-9-11(6)14-10(15)4-7(2)13-9/h3,5,7,13H,4H2,1-2H3,(H,14,15). The molecule has 3 nitrogen and oxygen atoms in total. The van der Waals surface area contributed by atoms with Crippen LogP contribution in [-0.2, 0) is 4.79 Å². The van der Waals surface area contributed by atoms with Crippen LogP contribution >= 0.6 is 11.6 Å². The maximum atomic E-state index is 11.5. The zero-order valence-corrected chi connectivity index (χ0v) is 9.48. The second kappa shape index (κ2) is 3.74. The maximum Gasteiger partial charge on any atom is 0.226 e. The van der Waals surface area contributed by atoms with E-state index in [1.54, 1.807) is 0 Å². The van der Waals surface area contributed by atoms with Crippen molar-refractivity contribution >= 4 is 28.9 Å². The van der Waals surface area contributed by atoms with Crippen LogP contribution in [-0.4, -0.2) is 11.9 Å². The van der Waals surface area contributed by atoms with Crippen molar-refractivity contribution in [3.63, 3.8) is 0 Å². The molecule has 1 aliphatic rings. The zero-order valence-electron chi connectivity index (χ0n) is 8.73. The molecule has 4 heteroatoms. The van der Waals surface area contributed by atoms with Gasteiger partial charge in [0.1, 0.15) is 0 Å². The second-order valence-corrected chi connectivity index (χ2v) is 4.38. The molecule has 0 fully saturated rings. The lowest BCUT2D eigenvalue weighted by Gasteiger charge is -2.13. The summed E-state index contributed by atoms with van der Waals surface area (Å²) in [6.45, 7) is 3.91. The van der Waals surface area contributed by atoms with E-state index >= 15 is 0 Å². The Hall–Kier alpha value is -1.22. The molecule has 0 radical (unpaired) electrons. The van der Waals surface area contributed by atoms with Crippen LogP contribution in [0.2, 0.25) is 5.02 Å². The van der Waals surface area contributed by atoms with Gasteiger partial charge in [-0.2, -0.15) is 0 Å². The number of hydrogen-bond acceptors (Lipinski definition) is 2. The van der Waals surface area contributed by atoms with Gasteiger partial charge in [-0.05, 0) is 31.5 Å². The molecule has 1 heterocycles. The third-order valence-electron chi connectivity index (χ3n) is 2.46. The number of carbonyl (C=O) groups excluding carboxylic acids is 1. The number of amides is 1. The fraction of sp³-hybridized carbons (Fsp3) is 0.364. The minimum atomic E-state index is 0.0409. The van der Waals surface area contributed by atoms with E-state index in [9.17, 15) is 4.79 Å². The van der Waals surface area contributed by atoms with Gasteiger partial charge in [-0.25, -0.2) is 0 Å². The quantitative estimate of drug-likeness (QED) is 0.712. The number of nitrogens with one attached hydrogen (secondary N) is 2. The van der Waals surface area contributed by atoms with Crippen LogP contribution in [0.4, 0.5) is 11.4 Å². The first-order chi connectivity index (χ1) is 7.06. The van der Waals surface area contributed by atoms with Crippen LogP contribution in [0.5, 0.6) is 0 Å². The molecule has 0 bridgehead atoms. The van der Waals surface area contributed by atoms with Gasteiger partial charge < -0.3 is 10.6 Å². The highest BCUT2D eigenvalue weighted by Gasteiger charge is 2.19. The second-order valence-electron chi connectivity index (χ2n) is 3.94. The summed E-state index contributed by atoms with van der Waals surface area (Å²) in [5.41, 5.74) is 2.72. The van der Waals surface area contributed by atoms with Crippen molar-refractivity contribution in [1.29, 1.82) is 0 Å². The lowest BCUT2D eigenvalue weighted by molar-refractivity contribution is -0.116. The summed E-state index contributed by atoms with van der Waals surface area (Å²) in [6, 6.07) is 3.81. The molecule has 1 aromatic rings. The number of aryl methyl sites for hydroxylation is 1. The molecule has 0 aromatic heterocycles. The average Bonchev–Trinajstić information content (AvgIpc) is 2.22. The Balaban J connectivity index is 2.50. The Morgan fingerprint density at radius 1 is 1.47 bits per heavy atom. The van der Waals surface area contributed by atoms with E-state index in [1.807, 2.05) is 26.0 Å². The van der Waals surface area contributed by atoms with Gasteiger partial charge in [-0.1, -0.05) is 11.6 Å². The Labute approximate surface area is 93.8 Å². The maximum absolute atomic E-state index is 11.5. The van der Waals surface area contributed by atoms with Gasteiger partial charge >= 0.3 is 0 Å². The monoisotopic (exact) mass is 224 g/mol. The number of halogens is 1.